The molecule has 0 saturated carbocycles. The van der Waals surface area contributed by atoms with Crippen molar-refractivity contribution in [3.8, 4) is 0 Å². The molecule has 5 heteroatoms. The first-order valence-electron chi connectivity index (χ1n) is 7.17. The molecule has 1 aromatic heterocycles. The molecule has 0 aliphatic rings. The minimum absolute atomic E-state index is 0.318. The van der Waals surface area contributed by atoms with E-state index in [1.807, 2.05) is 26.8 Å². The first-order chi connectivity index (χ1) is 9.34. The van der Waals surface area contributed by atoms with E-state index in [-0.39, 0.29) is 0 Å². The quantitative estimate of drug-likeness (QED) is 0.801. The van der Waals surface area contributed by atoms with Gasteiger partial charge in [0, 0.05) is 17.9 Å². The third kappa shape index (κ3) is 3.68. The first-order valence-corrected chi connectivity index (χ1v) is 7.17. The fourth-order valence-corrected chi connectivity index (χ4v) is 2.09. The smallest absolute Gasteiger partial charge is 0.311 e. The highest BCUT2D eigenvalue weighted by Crippen LogP contribution is 2.27. The second-order valence-electron chi connectivity index (χ2n) is 5.56. The SMILES string of the molecule is CCC(CC)(CNc1nc(C)cc(C(C)C)n1)C(=O)O. The molecule has 20 heavy (non-hydrogen) atoms. The Balaban J connectivity index is 2.91. The third-order valence-electron chi connectivity index (χ3n) is 3.86. The standard InChI is InChI=1S/C15H25N3O2/c1-6-15(7-2,13(19)20)9-16-14-17-11(5)8-12(18-14)10(3)4/h8,10H,6-7,9H2,1-5H3,(H,19,20)(H,16,17,18). The Hall–Kier alpha value is -1.65. The summed E-state index contributed by atoms with van der Waals surface area (Å²) in [6, 6.07) is 1.96. The number of hydrogen-bond acceptors (Lipinski definition) is 4. The van der Waals surface area contributed by atoms with Crippen molar-refractivity contribution in [3.63, 3.8) is 0 Å². The first kappa shape index (κ1) is 16.4. The summed E-state index contributed by atoms with van der Waals surface area (Å²) in [7, 11) is 0. The number of carbonyl (C=O) groups is 1. The number of nitrogens with one attached hydrogen (secondary N) is 1. The van der Waals surface area contributed by atoms with Crippen molar-refractivity contribution >= 4 is 11.9 Å². The van der Waals surface area contributed by atoms with Gasteiger partial charge in [-0.05, 0) is 31.7 Å². The van der Waals surface area contributed by atoms with Crippen molar-refractivity contribution in [2.24, 2.45) is 5.41 Å². The van der Waals surface area contributed by atoms with Gasteiger partial charge in [-0.15, -0.1) is 0 Å². The van der Waals surface area contributed by atoms with Crippen LogP contribution in [0.5, 0.6) is 0 Å². The van der Waals surface area contributed by atoms with Crippen LogP contribution in [0.4, 0.5) is 5.95 Å². The van der Waals surface area contributed by atoms with E-state index >= 15 is 0 Å². The summed E-state index contributed by atoms with van der Waals surface area (Å²) in [5.41, 5.74) is 1.10. The highest BCUT2D eigenvalue weighted by atomic mass is 16.4. The molecule has 0 aromatic carbocycles. The lowest BCUT2D eigenvalue weighted by atomic mass is 9.82. The van der Waals surface area contributed by atoms with Crippen LogP contribution in [-0.4, -0.2) is 27.6 Å². The average Bonchev–Trinajstić information content (AvgIpc) is 2.39. The van der Waals surface area contributed by atoms with Crippen LogP contribution in [0.2, 0.25) is 0 Å². The van der Waals surface area contributed by atoms with Gasteiger partial charge in [-0.3, -0.25) is 4.79 Å². The van der Waals surface area contributed by atoms with Crippen molar-refractivity contribution in [1.29, 1.82) is 0 Å². The topological polar surface area (TPSA) is 75.1 Å². The number of aryl methyl sites for hydroxylation is 1. The fraction of sp³-hybridized carbons (Fsp3) is 0.667. The van der Waals surface area contributed by atoms with Crippen molar-refractivity contribution in [1.82, 2.24) is 9.97 Å². The minimum Gasteiger partial charge on any atom is -0.481 e. The largest absolute Gasteiger partial charge is 0.481 e. The highest BCUT2D eigenvalue weighted by molar-refractivity contribution is 5.75. The van der Waals surface area contributed by atoms with Crippen LogP contribution in [0.1, 0.15) is 57.8 Å². The van der Waals surface area contributed by atoms with Gasteiger partial charge in [0.05, 0.1) is 5.41 Å². The zero-order valence-electron chi connectivity index (χ0n) is 13.0. The molecule has 0 atom stereocenters. The van der Waals surface area contributed by atoms with Crippen molar-refractivity contribution in [3.05, 3.63) is 17.5 Å². The van der Waals surface area contributed by atoms with Crippen LogP contribution in [0.15, 0.2) is 6.07 Å². The van der Waals surface area contributed by atoms with Gasteiger partial charge >= 0.3 is 5.97 Å². The number of carboxylic acids is 1. The molecule has 0 saturated heterocycles. The van der Waals surface area contributed by atoms with E-state index in [0.717, 1.165) is 11.4 Å². The van der Waals surface area contributed by atoms with Gasteiger partial charge in [0.25, 0.3) is 0 Å². The number of rotatable bonds is 7. The Morgan fingerprint density at radius 1 is 1.35 bits per heavy atom. The Bertz CT molecular complexity index is 468. The number of nitrogens with zero attached hydrogens (tertiary/aromatic N) is 2. The van der Waals surface area contributed by atoms with Crippen LogP contribution < -0.4 is 5.32 Å². The number of aromatic nitrogens is 2. The van der Waals surface area contributed by atoms with Crippen LogP contribution in [0.25, 0.3) is 0 Å². The lowest BCUT2D eigenvalue weighted by Crippen LogP contribution is -2.37. The second-order valence-corrected chi connectivity index (χ2v) is 5.56. The predicted octanol–water partition coefficient (Wildman–Crippen LogP) is 3.21. The van der Waals surface area contributed by atoms with Crippen molar-refractivity contribution in [2.75, 3.05) is 11.9 Å². The summed E-state index contributed by atoms with van der Waals surface area (Å²) in [5, 5.41) is 12.5. The molecule has 0 bridgehead atoms. The van der Waals surface area contributed by atoms with Crippen LogP contribution >= 0.6 is 0 Å². The normalized spacial score (nSPS) is 11.7. The molecule has 0 aliphatic heterocycles. The van der Waals surface area contributed by atoms with Crippen molar-refractivity contribution in [2.45, 2.75) is 53.4 Å². The van der Waals surface area contributed by atoms with Crippen molar-refractivity contribution < 1.29 is 9.90 Å². The lowest BCUT2D eigenvalue weighted by Gasteiger charge is -2.27. The molecule has 0 amide bonds. The maximum atomic E-state index is 11.5. The highest BCUT2D eigenvalue weighted by Gasteiger charge is 2.34. The molecule has 0 fully saturated rings. The van der Waals surface area contributed by atoms with Crippen LogP contribution in [0.3, 0.4) is 0 Å². The molecule has 1 heterocycles. The van der Waals surface area contributed by atoms with Crippen LogP contribution in [-0.2, 0) is 4.79 Å². The van der Waals surface area contributed by atoms with E-state index in [1.54, 1.807) is 0 Å². The molecule has 0 radical (unpaired) electrons. The number of anilines is 1. The molecule has 1 aromatic rings. The molecule has 2 N–H and O–H groups in total. The zero-order valence-corrected chi connectivity index (χ0v) is 13.0. The summed E-state index contributed by atoms with van der Waals surface area (Å²) in [6.07, 6.45) is 1.16. The monoisotopic (exact) mass is 279 g/mol. The summed E-state index contributed by atoms with van der Waals surface area (Å²) in [4.78, 5) is 20.2. The van der Waals surface area contributed by atoms with Gasteiger partial charge < -0.3 is 10.4 Å². The van der Waals surface area contributed by atoms with Gasteiger partial charge in [0.15, 0.2) is 0 Å². The maximum Gasteiger partial charge on any atom is 0.311 e. The van der Waals surface area contributed by atoms with E-state index in [4.69, 9.17) is 0 Å². The molecule has 5 nitrogen and oxygen atoms in total. The summed E-state index contributed by atoms with van der Waals surface area (Å²) in [6.45, 7) is 10.2. The Morgan fingerprint density at radius 2 is 1.95 bits per heavy atom. The third-order valence-corrected chi connectivity index (χ3v) is 3.86. The van der Waals surface area contributed by atoms with Gasteiger partial charge in [0.1, 0.15) is 0 Å². The van der Waals surface area contributed by atoms with E-state index < -0.39 is 11.4 Å². The molecule has 0 aliphatic carbocycles. The van der Waals surface area contributed by atoms with Gasteiger partial charge in [-0.25, -0.2) is 9.97 Å². The maximum absolute atomic E-state index is 11.5. The average molecular weight is 279 g/mol. The number of hydrogen-bond donors (Lipinski definition) is 2. The second kappa shape index (κ2) is 6.68. The molecular weight excluding hydrogens is 254 g/mol. The lowest BCUT2D eigenvalue weighted by molar-refractivity contribution is -0.148. The zero-order chi connectivity index (χ0) is 15.3. The summed E-state index contributed by atoms with van der Waals surface area (Å²) < 4.78 is 0. The molecule has 1 rings (SSSR count). The van der Waals surface area contributed by atoms with Gasteiger partial charge in [-0.1, -0.05) is 27.7 Å². The summed E-state index contributed by atoms with van der Waals surface area (Å²) in [5.74, 6) is 0.0618. The number of carboxylic acid groups (broad SMARTS) is 1. The van der Waals surface area contributed by atoms with E-state index in [1.165, 1.54) is 0 Å². The van der Waals surface area contributed by atoms with Crippen LogP contribution in [0, 0.1) is 12.3 Å². The van der Waals surface area contributed by atoms with E-state index in [9.17, 15) is 9.90 Å². The fourth-order valence-electron chi connectivity index (χ4n) is 2.09. The van der Waals surface area contributed by atoms with E-state index in [2.05, 4.69) is 29.1 Å². The Morgan fingerprint density at radius 3 is 2.40 bits per heavy atom. The molecular formula is C15H25N3O2. The van der Waals surface area contributed by atoms with Gasteiger partial charge in [0.2, 0.25) is 5.95 Å². The predicted molar refractivity (Wildman–Crippen MR) is 80.0 cm³/mol. The minimum atomic E-state index is -0.772. The van der Waals surface area contributed by atoms with Gasteiger partial charge in [-0.2, -0.15) is 0 Å². The Labute approximate surface area is 120 Å². The summed E-state index contributed by atoms with van der Waals surface area (Å²) >= 11 is 0. The molecule has 0 unspecified atom stereocenters. The number of aliphatic carboxylic acids is 1. The van der Waals surface area contributed by atoms with E-state index in [0.29, 0.717) is 31.3 Å². The molecule has 0 spiro atoms. The molecule has 112 valence electrons. The Kier molecular flexibility index (Phi) is 5.48.